The molecule has 2 heterocycles. The van der Waals surface area contributed by atoms with Gasteiger partial charge in [-0.05, 0) is 6.92 Å². The molecule has 0 saturated heterocycles. The summed E-state index contributed by atoms with van der Waals surface area (Å²) in [7, 11) is 3.53. The van der Waals surface area contributed by atoms with Gasteiger partial charge in [0.15, 0.2) is 5.82 Å². The van der Waals surface area contributed by atoms with E-state index in [1.165, 1.54) is 0 Å². The number of methoxy groups -OCH3 is 1. The van der Waals surface area contributed by atoms with Gasteiger partial charge in [-0.25, -0.2) is 0 Å². The molecule has 1 aliphatic heterocycles. The zero-order valence-electron chi connectivity index (χ0n) is 9.78. The molecule has 0 saturated carbocycles. The minimum Gasteiger partial charge on any atom is -0.383 e. The van der Waals surface area contributed by atoms with Crippen LogP contribution in [-0.4, -0.2) is 42.5 Å². The molecule has 0 unspecified atom stereocenters. The topological polar surface area (TPSA) is 59.4 Å². The van der Waals surface area contributed by atoms with E-state index >= 15 is 0 Å². The highest BCUT2D eigenvalue weighted by atomic mass is 16.5. The van der Waals surface area contributed by atoms with Crippen LogP contribution < -0.4 is 10.2 Å². The molecule has 88 valence electrons. The predicted molar refractivity (Wildman–Crippen MR) is 60.7 cm³/mol. The Labute approximate surface area is 94.2 Å². The van der Waals surface area contributed by atoms with Crippen LogP contribution in [0.3, 0.4) is 0 Å². The van der Waals surface area contributed by atoms with Gasteiger partial charge in [-0.1, -0.05) is 0 Å². The molecule has 1 aliphatic rings. The molecule has 16 heavy (non-hydrogen) atoms. The summed E-state index contributed by atoms with van der Waals surface area (Å²) < 4.78 is 6.83. The third-order valence-electron chi connectivity index (χ3n) is 2.66. The van der Waals surface area contributed by atoms with Gasteiger partial charge in [0.1, 0.15) is 5.69 Å². The summed E-state index contributed by atoms with van der Waals surface area (Å²) in [5.41, 5.74) is 1.66. The molecular weight excluding hydrogens is 208 g/mol. The fraction of sp³-hybridized carbons (Fsp3) is 0.600. The first kappa shape index (κ1) is 10.9. The van der Waals surface area contributed by atoms with Crippen molar-refractivity contribution in [2.45, 2.75) is 6.92 Å². The number of rotatable bonds is 3. The van der Waals surface area contributed by atoms with Crippen LogP contribution in [0, 0.1) is 6.92 Å². The number of nitrogens with zero attached hydrogens (tertiary/aromatic N) is 3. The number of hydrogen-bond donors (Lipinski definition) is 1. The summed E-state index contributed by atoms with van der Waals surface area (Å²) in [5, 5.41) is 7.16. The largest absolute Gasteiger partial charge is 0.383 e. The standard InChI is InChI=1S/C10H16N4O2/c1-7-9-10(13(2)12-7)14(4-5-16-3)6-8(15)11-9/h4-6H2,1-3H3,(H,11,15). The average molecular weight is 224 g/mol. The van der Waals surface area contributed by atoms with Crippen LogP contribution in [0.5, 0.6) is 0 Å². The van der Waals surface area contributed by atoms with Crippen molar-refractivity contribution in [3.8, 4) is 0 Å². The van der Waals surface area contributed by atoms with E-state index in [2.05, 4.69) is 10.4 Å². The molecule has 6 nitrogen and oxygen atoms in total. The molecule has 0 aliphatic carbocycles. The summed E-state index contributed by atoms with van der Waals surface area (Å²) >= 11 is 0. The lowest BCUT2D eigenvalue weighted by molar-refractivity contribution is -0.115. The molecule has 0 radical (unpaired) electrons. The quantitative estimate of drug-likeness (QED) is 0.793. The number of ether oxygens (including phenoxy) is 1. The zero-order chi connectivity index (χ0) is 11.7. The van der Waals surface area contributed by atoms with Gasteiger partial charge in [-0.15, -0.1) is 0 Å². The second-order valence-electron chi connectivity index (χ2n) is 3.87. The highest BCUT2D eigenvalue weighted by Crippen LogP contribution is 2.31. The van der Waals surface area contributed by atoms with Crippen LogP contribution in [0.4, 0.5) is 11.5 Å². The van der Waals surface area contributed by atoms with Gasteiger partial charge in [-0.2, -0.15) is 5.10 Å². The Morgan fingerprint density at radius 2 is 2.31 bits per heavy atom. The Hall–Kier alpha value is -1.56. The summed E-state index contributed by atoms with van der Waals surface area (Å²) in [5.74, 6) is 0.953. The number of aryl methyl sites for hydroxylation is 2. The van der Waals surface area contributed by atoms with E-state index in [0.29, 0.717) is 19.7 Å². The van der Waals surface area contributed by atoms with E-state index in [4.69, 9.17) is 4.74 Å². The SMILES string of the molecule is COCCN1CC(=O)Nc2c(C)nn(C)c21. The highest BCUT2D eigenvalue weighted by molar-refractivity contribution is 6.01. The van der Waals surface area contributed by atoms with Crippen molar-refractivity contribution in [1.82, 2.24) is 9.78 Å². The predicted octanol–water partition coefficient (Wildman–Crippen LogP) is 0.133. The minimum atomic E-state index is -0.000275. The average Bonchev–Trinajstić information content (AvgIpc) is 2.51. The number of hydrogen-bond acceptors (Lipinski definition) is 4. The molecule has 1 aromatic heterocycles. The summed E-state index contributed by atoms with van der Waals surface area (Å²) in [6.45, 7) is 3.53. The van der Waals surface area contributed by atoms with Gasteiger partial charge < -0.3 is 15.0 Å². The summed E-state index contributed by atoms with van der Waals surface area (Å²) in [6.07, 6.45) is 0. The molecule has 0 aromatic carbocycles. The molecule has 1 amide bonds. The molecule has 0 atom stereocenters. The van der Waals surface area contributed by atoms with E-state index in [9.17, 15) is 4.79 Å². The first-order chi connectivity index (χ1) is 7.63. The van der Waals surface area contributed by atoms with Crippen molar-refractivity contribution >= 4 is 17.4 Å². The number of nitrogens with one attached hydrogen (secondary N) is 1. The molecule has 6 heteroatoms. The summed E-state index contributed by atoms with van der Waals surface area (Å²) in [6, 6.07) is 0. The fourth-order valence-electron chi connectivity index (χ4n) is 1.97. The van der Waals surface area contributed by atoms with E-state index < -0.39 is 0 Å². The van der Waals surface area contributed by atoms with Gasteiger partial charge in [0.05, 0.1) is 18.8 Å². The second-order valence-corrected chi connectivity index (χ2v) is 3.87. The van der Waals surface area contributed by atoms with E-state index in [1.807, 2.05) is 18.9 Å². The smallest absolute Gasteiger partial charge is 0.244 e. The van der Waals surface area contributed by atoms with Gasteiger partial charge in [-0.3, -0.25) is 9.48 Å². The van der Waals surface area contributed by atoms with Crippen LogP contribution in [0.1, 0.15) is 5.69 Å². The van der Waals surface area contributed by atoms with E-state index in [0.717, 1.165) is 17.2 Å². The Morgan fingerprint density at radius 3 is 3.00 bits per heavy atom. The maximum atomic E-state index is 11.5. The first-order valence-electron chi connectivity index (χ1n) is 5.21. The van der Waals surface area contributed by atoms with Crippen molar-refractivity contribution in [3.05, 3.63) is 5.69 Å². The Kier molecular flexibility index (Phi) is 2.82. The van der Waals surface area contributed by atoms with Crippen molar-refractivity contribution in [3.63, 3.8) is 0 Å². The maximum Gasteiger partial charge on any atom is 0.244 e. The van der Waals surface area contributed by atoms with Crippen molar-refractivity contribution < 1.29 is 9.53 Å². The summed E-state index contributed by atoms with van der Waals surface area (Å²) in [4.78, 5) is 13.5. The van der Waals surface area contributed by atoms with Crippen molar-refractivity contribution in [2.24, 2.45) is 7.05 Å². The fourth-order valence-corrected chi connectivity index (χ4v) is 1.97. The number of fused-ring (bicyclic) bond motifs is 1. The minimum absolute atomic E-state index is 0.000275. The van der Waals surface area contributed by atoms with E-state index in [1.54, 1.807) is 11.8 Å². The van der Waals surface area contributed by atoms with Crippen LogP contribution in [0.2, 0.25) is 0 Å². The third-order valence-corrected chi connectivity index (χ3v) is 2.66. The molecule has 2 rings (SSSR count). The molecular formula is C10H16N4O2. The van der Waals surface area contributed by atoms with Gasteiger partial charge >= 0.3 is 0 Å². The van der Waals surface area contributed by atoms with Gasteiger partial charge in [0.25, 0.3) is 0 Å². The monoisotopic (exact) mass is 224 g/mol. The lowest BCUT2D eigenvalue weighted by atomic mass is 10.2. The number of carbonyl (C=O) groups is 1. The lowest BCUT2D eigenvalue weighted by Crippen LogP contribution is -2.40. The Balaban J connectivity index is 2.33. The Bertz CT molecular complexity index is 413. The normalized spacial score (nSPS) is 14.9. The number of amides is 1. The van der Waals surface area contributed by atoms with Gasteiger partial charge in [0.2, 0.25) is 5.91 Å². The number of anilines is 2. The van der Waals surface area contributed by atoms with Crippen LogP contribution in [0.25, 0.3) is 0 Å². The number of aromatic nitrogens is 2. The Morgan fingerprint density at radius 1 is 1.56 bits per heavy atom. The first-order valence-corrected chi connectivity index (χ1v) is 5.21. The molecule has 1 N–H and O–H groups in total. The molecule has 1 aromatic rings. The lowest BCUT2D eigenvalue weighted by Gasteiger charge is -2.28. The van der Waals surface area contributed by atoms with Crippen molar-refractivity contribution in [2.75, 3.05) is 37.0 Å². The van der Waals surface area contributed by atoms with Crippen LogP contribution in [-0.2, 0) is 16.6 Å². The zero-order valence-corrected chi connectivity index (χ0v) is 9.78. The maximum absolute atomic E-state index is 11.5. The van der Waals surface area contributed by atoms with Crippen molar-refractivity contribution in [1.29, 1.82) is 0 Å². The number of carbonyl (C=O) groups excluding carboxylic acids is 1. The molecule has 0 spiro atoms. The third kappa shape index (κ3) is 1.76. The molecule has 0 fully saturated rings. The van der Waals surface area contributed by atoms with E-state index in [-0.39, 0.29) is 5.91 Å². The second kappa shape index (κ2) is 4.13. The van der Waals surface area contributed by atoms with Crippen LogP contribution in [0.15, 0.2) is 0 Å². The highest BCUT2D eigenvalue weighted by Gasteiger charge is 2.27. The van der Waals surface area contributed by atoms with Gasteiger partial charge in [0, 0.05) is 20.7 Å². The van der Waals surface area contributed by atoms with Crippen LogP contribution >= 0.6 is 0 Å². The molecule has 0 bridgehead atoms.